The van der Waals surface area contributed by atoms with Crippen molar-refractivity contribution in [2.24, 2.45) is 17.6 Å². The van der Waals surface area contributed by atoms with Gasteiger partial charge in [-0.1, -0.05) is 6.92 Å². The molecule has 16 heavy (non-hydrogen) atoms. The van der Waals surface area contributed by atoms with Gasteiger partial charge in [0, 0.05) is 17.0 Å². The molecule has 94 valence electrons. The third-order valence-corrected chi connectivity index (χ3v) is 3.45. The maximum atomic E-state index is 11.1. The number of amides is 1. The highest BCUT2D eigenvalue weighted by atomic mass is 16.1. The molecule has 1 rings (SSSR count). The van der Waals surface area contributed by atoms with Gasteiger partial charge in [-0.15, -0.1) is 0 Å². The van der Waals surface area contributed by atoms with Crippen LogP contribution in [0.3, 0.4) is 0 Å². The second kappa shape index (κ2) is 4.36. The van der Waals surface area contributed by atoms with Crippen LogP contribution in [0.15, 0.2) is 0 Å². The average Bonchev–Trinajstić information content (AvgIpc) is 1.96. The molecule has 3 N–H and O–H groups in total. The van der Waals surface area contributed by atoms with Crippen LogP contribution in [0.5, 0.6) is 0 Å². The van der Waals surface area contributed by atoms with Crippen LogP contribution in [0.2, 0.25) is 0 Å². The highest BCUT2D eigenvalue weighted by Gasteiger charge is 2.38. The minimum atomic E-state index is -0.172. The first kappa shape index (κ1) is 13.5. The number of carbonyl (C=O) groups is 1. The molecule has 0 saturated carbocycles. The molecule has 0 radical (unpaired) electrons. The maximum absolute atomic E-state index is 11.1. The topological polar surface area (TPSA) is 55.1 Å². The highest BCUT2D eigenvalue weighted by Crippen LogP contribution is 2.36. The van der Waals surface area contributed by atoms with Gasteiger partial charge in [0.25, 0.3) is 0 Å². The molecular formula is C13H26N2O. The minimum absolute atomic E-state index is 0.00491. The van der Waals surface area contributed by atoms with Crippen LogP contribution in [0.25, 0.3) is 0 Å². The molecule has 0 aromatic heterocycles. The van der Waals surface area contributed by atoms with Gasteiger partial charge in [-0.05, 0) is 52.9 Å². The Morgan fingerprint density at radius 2 is 1.75 bits per heavy atom. The van der Waals surface area contributed by atoms with Crippen LogP contribution < -0.4 is 11.1 Å². The summed E-state index contributed by atoms with van der Waals surface area (Å²) in [5, 5.41) is 3.65. The fourth-order valence-electron chi connectivity index (χ4n) is 3.32. The van der Waals surface area contributed by atoms with E-state index in [0.717, 1.165) is 19.3 Å². The largest absolute Gasteiger partial charge is 0.369 e. The number of piperidine rings is 1. The summed E-state index contributed by atoms with van der Waals surface area (Å²) in [6.45, 7) is 10.9. The van der Waals surface area contributed by atoms with E-state index in [4.69, 9.17) is 5.73 Å². The van der Waals surface area contributed by atoms with E-state index in [-0.39, 0.29) is 22.9 Å². The standard InChI is InChI=1S/C13H26N2O/c1-9(11(14)16)6-10-7-12(2,3)15-13(4,5)8-10/h9-10,15H,6-8H2,1-5H3,(H2,14,16). The van der Waals surface area contributed by atoms with Crippen LogP contribution >= 0.6 is 0 Å². The maximum Gasteiger partial charge on any atom is 0.220 e. The van der Waals surface area contributed by atoms with Crippen molar-refractivity contribution in [2.45, 2.75) is 65.0 Å². The van der Waals surface area contributed by atoms with Crippen molar-refractivity contribution < 1.29 is 4.79 Å². The van der Waals surface area contributed by atoms with Gasteiger partial charge in [-0.2, -0.15) is 0 Å². The predicted molar refractivity (Wildman–Crippen MR) is 67.0 cm³/mol. The van der Waals surface area contributed by atoms with Crippen LogP contribution in [0.1, 0.15) is 53.9 Å². The number of nitrogens with one attached hydrogen (secondary N) is 1. The summed E-state index contributed by atoms with van der Waals surface area (Å²) in [5.41, 5.74) is 5.65. The summed E-state index contributed by atoms with van der Waals surface area (Å²) in [4.78, 5) is 11.1. The molecular weight excluding hydrogens is 200 g/mol. The molecule has 3 heteroatoms. The van der Waals surface area contributed by atoms with Crippen LogP contribution in [-0.4, -0.2) is 17.0 Å². The normalized spacial score (nSPS) is 26.3. The number of hydrogen-bond acceptors (Lipinski definition) is 2. The first-order valence-corrected chi connectivity index (χ1v) is 6.20. The van der Waals surface area contributed by atoms with Gasteiger partial charge >= 0.3 is 0 Å². The average molecular weight is 226 g/mol. The third-order valence-electron chi connectivity index (χ3n) is 3.45. The number of rotatable bonds is 3. The molecule has 1 fully saturated rings. The lowest BCUT2D eigenvalue weighted by Gasteiger charge is -2.47. The van der Waals surface area contributed by atoms with Crippen LogP contribution in [0.4, 0.5) is 0 Å². The summed E-state index contributed by atoms with van der Waals surface area (Å²) < 4.78 is 0. The SMILES string of the molecule is CC(CC1CC(C)(C)NC(C)(C)C1)C(N)=O. The third kappa shape index (κ3) is 3.78. The molecule has 0 aliphatic carbocycles. The van der Waals surface area contributed by atoms with Crippen molar-refractivity contribution in [3.05, 3.63) is 0 Å². The number of hydrogen-bond donors (Lipinski definition) is 2. The Morgan fingerprint density at radius 1 is 1.31 bits per heavy atom. The fourth-order valence-corrected chi connectivity index (χ4v) is 3.32. The van der Waals surface area contributed by atoms with E-state index in [9.17, 15) is 4.79 Å². The lowest BCUT2D eigenvalue weighted by molar-refractivity contribution is -0.122. The van der Waals surface area contributed by atoms with Gasteiger partial charge in [0.2, 0.25) is 5.91 Å². The van der Waals surface area contributed by atoms with E-state index in [1.54, 1.807) is 0 Å². The zero-order valence-electron chi connectivity index (χ0n) is 11.3. The van der Waals surface area contributed by atoms with E-state index in [1.807, 2.05) is 6.92 Å². The predicted octanol–water partition coefficient (Wildman–Crippen LogP) is 2.05. The Hall–Kier alpha value is -0.570. The minimum Gasteiger partial charge on any atom is -0.369 e. The lowest BCUT2D eigenvalue weighted by atomic mass is 9.73. The Bertz CT molecular complexity index is 255. The summed E-state index contributed by atoms with van der Waals surface area (Å²) in [7, 11) is 0. The second-order valence-electron chi connectivity index (χ2n) is 6.71. The molecule has 1 saturated heterocycles. The smallest absolute Gasteiger partial charge is 0.220 e. The van der Waals surface area contributed by atoms with Crippen LogP contribution in [0, 0.1) is 11.8 Å². The fraction of sp³-hybridized carbons (Fsp3) is 0.923. The van der Waals surface area contributed by atoms with Crippen molar-refractivity contribution >= 4 is 5.91 Å². The zero-order chi connectivity index (χ0) is 12.6. The molecule has 1 heterocycles. The Labute approximate surface area is 99.2 Å². The molecule has 1 amide bonds. The first-order chi connectivity index (χ1) is 7.11. The van der Waals surface area contributed by atoms with E-state index in [2.05, 4.69) is 33.0 Å². The van der Waals surface area contributed by atoms with Crippen molar-refractivity contribution in [3.63, 3.8) is 0 Å². The van der Waals surface area contributed by atoms with Crippen molar-refractivity contribution in [3.8, 4) is 0 Å². The van der Waals surface area contributed by atoms with E-state index in [0.29, 0.717) is 5.92 Å². The van der Waals surface area contributed by atoms with Crippen LogP contribution in [-0.2, 0) is 4.79 Å². The second-order valence-corrected chi connectivity index (χ2v) is 6.71. The van der Waals surface area contributed by atoms with Gasteiger partial charge in [0.15, 0.2) is 0 Å². The van der Waals surface area contributed by atoms with Gasteiger partial charge in [0.05, 0.1) is 0 Å². The van der Waals surface area contributed by atoms with E-state index >= 15 is 0 Å². The van der Waals surface area contributed by atoms with Gasteiger partial charge < -0.3 is 11.1 Å². The number of primary amides is 1. The summed E-state index contributed by atoms with van der Waals surface area (Å²) >= 11 is 0. The molecule has 1 unspecified atom stereocenters. The lowest BCUT2D eigenvalue weighted by Crippen LogP contribution is -2.58. The molecule has 3 nitrogen and oxygen atoms in total. The molecule has 1 aliphatic rings. The molecule has 0 aromatic rings. The number of nitrogens with two attached hydrogens (primary N) is 1. The monoisotopic (exact) mass is 226 g/mol. The van der Waals surface area contributed by atoms with Gasteiger partial charge in [-0.25, -0.2) is 0 Å². The Morgan fingerprint density at radius 3 is 2.12 bits per heavy atom. The molecule has 0 spiro atoms. The zero-order valence-corrected chi connectivity index (χ0v) is 11.3. The summed E-state index contributed by atoms with van der Waals surface area (Å²) in [6.07, 6.45) is 3.16. The highest BCUT2D eigenvalue weighted by molar-refractivity contribution is 5.76. The molecule has 1 aliphatic heterocycles. The Kier molecular flexibility index (Phi) is 3.68. The van der Waals surface area contributed by atoms with Gasteiger partial charge in [-0.3, -0.25) is 4.79 Å². The quantitative estimate of drug-likeness (QED) is 0.774. The Balaban J connectivity index is 2.64. The van der Waals surface area contributed by atoms with E-state index in [1.165, 1.54) is 0 Å². The summed E-state index contributed by atoms with van der Waals surface area (Å²) in [5.74, 6) is 0.414. The van der Waals surface area contributed by atoms with Crippen molar-refractivity contribution in [2.75, 3.05) is 0 Å². The summed E-state index contributed by atoms with van der Waals surface area (Å²) in [6, 6.07) is 0. The molecule has 0 bridgehead atoms. The van der Waals surface area contributed by atoms with Crippen molar-refractivity contribution in [1.29, 1.82) is 0 Å². The molecule has 1 atom stereocenters. The van der Waals surface area contributed by atoms with E-state index < -0.39 is 0 Å². The number of carbonyl (C=O) groups excluding carboxylic acids is 1. The molecule has 0 aromatic carbocycles. The van der Waals surface area contributed by atoms with Crippen molar-refractivity contribution in [1.82, 2.24) is 5.32 Å². The van der Waals surface area contributed by atoms with Gasteiger partial charge in [0.1, 0.15) is 0 Å². The first-order valence-electron chi connectivity index (χ1n) is 6.20.